The number of aliphatic imine (C=N–C) groups is 1. The van der Waals surface area contributed by atoms with Gasteiger partial charge in [-0.1, -0.05) is 36.4 Å². The van der Waals surface area contributed by atoms with Gasteiger partial charge < -0.3 is 15.2 Å². The molecular formula is C18H14N2O4S. The lowest BCUT2D eigenvalue weighted by molar-refractivity contribution is -0.139. The third-order valence-corrected chi connectivity index (χ3v) is 4.10. The zero-order valence-electron chi connectivity index (χ0n) is 13.0. The molecular weight excluding hydrogens is 340 g/mol. The molecule has 7 heteroatoms. The molecule has 1 fully saturated rings. The molecule has 0 radical (unpaired) electrons. The smallest absolute Gasteiger partial charge is 0.341 e. The first-order valence-electron chi connectivity index (χ1n) is 7.40. The molecule has 2 N–H and O–H groups in total. The summed E-state index contributed by atoms with van der Waals surface area (Å²) in [5.41, 5.74) is 1.37. The molecule has 2 aromatic carbocycles. The molecule has 3 rings (SSSR count). The van der Waals surface area contributed by atoms with Crippen molar-refractivity contribution in [2.24, 2.45) is 4.99 Å². The molecule has 2 aromatic rings. The largest absolute Gasteiger partial charge is 0.481 e. The fourth-order valence-corrected chi connectivity index (χ4v) is 2.94. The second kappa shape index (κ2) is 7.67. The van der Waals surface area contributed by atoms with Gasteiger partial charge in [-0.2, -0.15) is 0 Å². The van der Waals surface area contributed by atoms with E-state index in [0.29, 0.717) is 21.4 Å². The van der Waals surface area contributed by atoms with Crippen molar-refractivity contribution in [2.45, 2.75) is 0 Å². The summed E-state index contributed by atoms with van der Waals surface area (Å²) in [4.78, 5) is 27.7. The van der Waals surface area contributed by atoms with Gasteiger partial charge in [-0.3, -0.25) is 4.79 Å². The van der Waals surface area contributed by atoms with Gasteiger partial charge in [0.05, 0.1) is 10.6 Å². The predicted octanol–water partition coefficient (Wildman–Crippen LogP) is 3.04. The molecule has 1 aliphatic rings. The number of carboxylic acid groups (broad SMARTS) is 1. The summed E-state index contributed by atoms with van der Waals surface area (Å²) in [6.45, 7) is -0.444. The summed E-state index contributed by atoms with van der Waals surface area (Å²) < 4.78 is 5.25. The topological polar surface area (TPSA) is 88.0 Å². The highest BCUT2D eigenvalue weighted by atomic mass is 32.2. The Labute approximate surface area is 148 Å². The lowest BCUT2D eigenvalue weighted by atomic mass is 10.2. The minimum atomic E-state index is -1.06. The Morgan fingerprint density at radius 1 is 1.16 bits per heavy atom. The zero-order chi connectivity index (χ0) is 17.6. The average molecular weight is 354 g/mol. The van der Waals surface area contributed by atoms with Crippen molar-refractivity contribution >= 4 is 40.6 Å². The number of nitrogens with one attached hydrogen (secondary N) is 1. The Morgan fingerprint density at radius 2 is 1.88 bits per heavy atom. The number of para-hydroxylation sites is 2. The van der Waals surface area contributed by atoms with E-state index >= 15 is 0 Å². The van der Waals surface area contributed by atoms with E-state index in [-0.39, 0.29) is 5.91 Å². The number of nitrogens with zero attached hydrogens (tertiary/aromatic N) is 1. The molecule has 0 aromatic heterocycles. The van der Waals surface area contributed by atoms with Crippen molar-refractivity contribution in [1.29, 1.82) is 0 Å². The highest BCUT2D eigenvalue weighted by Gasteiger charge is 2.24. The van der Waals surface area contributed by atoms with Crippen LogP contribution in [0.2, 0.25) is 0 Å². The number of benzene rings is 2. The van der Waals surface area contributed by atoms with E-state index in [1.165, 1.54) is 11.8 Å². The fraction of sp³-hybridized carbons (Fsp3) is 0.0556. The molecule has 1 saturated heterocycles. The number of thioether (sulfide) groups is 1. The van der Waals surface area contributed by atoms with Crippen LogP contribution in [0.5, 0.6) is 5.75 Å². The first-order valence-corrected chi connectivity index (χ1v) is 8.22. The third kappa shape index (κ3) is 4.48. The van der Waals surface area contributed by atoms with Crippen LogP contribution in [0.4, 0.5) is 5.69 Å². The lowest BCUT2D eigenvalue weighted by Crippen LogP contribution is -2.19. The van der Waals surface area contributed by atoms with Crippen molar-refractivity contribution < 1.29 is 19.4 Å². The van der Waals surface area contributed by atoms with E-state index in [1.807, 2.05) is 30.3 Å². The van der Waals surface area contributed by atoms with Crippen LogP contribution in [-0.4, -0.2) is 28.8 Å². The van der Waals surface area contributed by atoms with Crippen molar-refractivity contribution in [3.8, 4) is 5.75 Å². The van der Waals surface area contributed by atoms with Gasteiger partial charge in [0.2, 0.25) is 0 Å². The summed E-state index contributed by atoms with van der Waals surface area (Å²) >= 11 is 1.22. The molecule has 1 aliphatic heterocycles. The van der Waals surface area contributed by atoms with Gasteiger partial charge in [0.1, 0.15) is 5.75 Å². The number of carboxylic acids is 1. The van der Waals surface area contributed by atoms with Gasteiger partial charge in [0, 0.05) is 5.56 Å². The summed E-state index contributed by atoms with van der Waals surface area (Å²) in [5.74, 6) is -0.917. The first-order chi connectivity index (χ1) is 12.1. The number of hydrogen-bond acceptors (Lipinski definition) is 5. The fourth-order valence-electron chi connectivity index (χ4n) is 2.11. The highest BCUT2D eigenvalue weighted by Crippen LogP contribution is 2.30. The SMILES string of the molecule is O=C(O)COc1ccccc1/C=C1/SC(=Nc2ccccc2)NC1=O. The molecule has 0 aliphatic carbocycles. The molecule has 25 heavy (non-hydrogen) atoms. The van der Waals surface area contributed by atoms with Crippen molar-refractivity contribution in [3.63, 3.8) is 0 Å². The van der Waals surface area contributed by atoms with Crippen LogP contribution < -0.4 is 10.1 Å². The summed E-state index contributed by atoms with van der Waals surface area (Å²) in [6, 6.07) is 16.3. The van der Waals surface area contributed by atoms with Gasteiger partial charge in [-0.05, 0) is 36.0 Å². The number of ether oxygens (including phenoxy) is 1. The Bertz CT molecular complexity index is 862. The predicted molar refractivity (Wildman–Crippen MR) is 96.8 cm³/mol. The maximum atomic E-state index is 12.1. The maximum absolute atomic E-state index is 12.1. The molecule has 0 spiro atoms. The van der Waals surface area contributed by atoms with Crippen LogP contribution in [-0.2, 0) is 9.59 Å². The number of amides is 1. The van der Waals surface area contributed by atoms with Crippen LogP contribution in [0.25, 0.3) is 6.08 Å². The van der Waals surface area contributed by atoms with Crippen molar-refractivity contribution in [1.82, 2.24) is 5.32 Å². The quantitative estimate of drug-likeness (QED) is 0.806. The first kappa shape index (κ1) is 16.8. The number of aliphatic carboxylic acids is 1. The van der Waals surface area contributed by atoms with E-state index in [4.69, 9.17) is 9.84 Å². The average Bonchev–Trinajstić information content (AvgIpc) is 2.94. The molecule has 6 nitrogen and oxygen atoms in total. The number of hydrogen-bond donors (Lipinski definition) is 2. The molecule has 1 heterocycles. The van der Waals surface area contributed by atoms with Gasteiger partial charge in [0.15, 0.2) is 11.8 Å². The number of carbonyl (C=O) groups is 2. The summed E-state index contributed by atoms with van der Waals surface area (Å²) in [5, 5.41) is 11.9. The van der Waals surface area contributed by atoms with Crippen LogP contribution in [0.3, 0.4) is 0 Å². The summed E-state index contributed by atoms with van der Waals surface area (Å²) in [6.07, 6.45) is 1.66. The van der Waals surface area contributed by atoms with Crippen LogP contribution >= 0.6 is 11.8 Å². The van der Waals surface area contributed by atoms with E-state index in [0.717, 1.165) is 5.69 Å². The Balaban J connectivity index is 1.81. The third-order valence-electron chi connectivity index (χ3n) is 3.19. The summed E-state index contributed by atoms with van der Waals surface area (Å²) in [7, 11) is 0. The minimum Gasteiger partial charge on any atom is -0.481 e. The number of carbonyl (C=O) groups excluding carboxylic acids is 1. The standard InChI is InChI=1S/C18H14N2O4S/c21-16(22)11-24-14-9-5-4-6-12(14)10-15-17(23)20-18(25-15)19-13-7-2-1-3-8-13/h1-10H,11H2,(H,21,22)(H,19,20,23)/b15-10+. The van der Waals surface area contributed by atoms with E-state index in [2.05, 4.69) is 10.3 Å². The second-order valence-electron chi connectivity index (χ2n) is 5.04. The van der Waals surface area contributed by atoms with Crippen LogP contribution in [0.1, 0.15) is 5.56 Å². The van der Waals surface area contributed by atoms with Crippen LogP contribution in [0, 0.1) is 0 Å². The molecule has 1 amide bonds. The van der Waals surface area contributed by atoms with E-state index < -0.39 is 12.6 Å². The number of amidine groups is 1. The maximum Gasteiger partial charge on any atom is 0.341 e. The van der Waals surface area contributed by atoms with Gasteiger partial charge in [-0.15, -0.1) is 0 Å². The van der Waals surface area contributed by atoms with Gasteiger partial charge in [-0.25, -0.2) is 9.79 Å². The number of rotatable bonds is 5. The normalized spacial score (nSPS) is 16.9. The molecule has 0 saturated carbocycles. The Morgan fingerprint density at radius 3 is 2.64 bits per heavy atom. The minimum absolute atomic E-state index is 0.257. The lowest BCUT2D eigenvalue weighted by Gasteiger charge is -2.06. The Kier molecular flexibility index (Phi) is 5.15. The second-order valence-corrected chi connectivity index (χ2v) is 6.07. The Hall–Kier alpha value is -3.06. The highest BCUT2D eigenvalue weighted by molar-refractivity contribution is 8.18. The van der Waals surface area contributed by atoms with Crippen molar-refractivity contribution in [3.05, 3.63) is 65.1 Å². The molecule has 0 unspecified atom stereocenters. The van der Waals surface area contributed by atoms with Gasteiger partial charge >= 0.3 is 5.97 Å². The molecule has 0 atom stereocenters. The zero-order valence-corrected chi connectivity index (χ0v) is 13.8. The molecule has 126 valence electrons. The van der Waals surface area contributed by atoms with E-state index in [9.17, 15) is 9.59 Å². The molecule has 0 bridgehead atoms. The van der Waals surface area contributed by atoms with Gasteiger partial charge in [0.25, 0.3) is 5.91 Å². The van der Waals surface area contributed by atoms with Crippen molar-refractivity contribution in [2.75, 3.05) is 6.61 Å². The van der Waals surface area contributed by atoms with E-state index in [1.54, 1.807) is 30.3 Å². The monoisotopic (exact) mass is 354 g/mol. The van der Waals surface area contributed by atoms with Crippen LogP contribution in [0.15, 0.2) is 64.5 Å².